The van der Waals surface area contributed by atoms with Gasteiger partial charge in [0.2, 0.25) is 0 Å². The smallest absolute Gasteiger partial charge is 0.315 e. The van der Waals surface area contributed by atoms with Gasteiger partial charge in [-0.25, -0.2) is 4.79 Å². The van der Waals surface area contributed by atoms with Gasteiger partial charge >= 0.3 is 6.03 Å². The number of benzene rings is 2. The highest BCUT2D eigenvalue weighted by atomic mass is 35.5. The molecule has 0 bridgehead atoms. The minimum absolute atomic E-state index is 0.147. The van der Waals surface area contributed by atoms with E-state index in [1.165, 1.54) is 0 Å². The summed E-state index contributed by atoms with van der Waals surface area (Å²) >= 11 is 12.0. The fraction of sp³-hybridized carbons (Fsp3) is 0.222. The van der Waals surface area contributed by atoms with Crippen LogP contribution in [0.2, 0.25) is 10.0 Å². The van der Waals surface area contributed by atoms with Gasteiger partial charge in [-0.1, -0.05) is 41.4 Å². The molecule has 0 saturated heterocycles. The summed E-state index contributed by atoms with van der Waals surface area (Å²) in [5.41, 5.74) is 2.25. The van der Waals surface area contributed by atoms with Crippen molar-refractivity contribution < 1.29 is 9.59 Å². The number of amides is 3. The third-order valence-electron chi connectivity index (χ3n) is 3.67. The maximum absolute atomic E-state index is 12.0. The van der Waals surface area contributed by atoms with Crippen molar-refractivity contribution in [1.82, 2.24) is 16.0 Å². The molecule has 132 valence electrons. The van der Waals surface area contributed by atoms with Gasteiger partial charge in [-0.05, 0) is 42.3 Å². The van der Waals surface area contributed by atoms with Crippen LogP contribution >= 0.6 is 23.2 Å². The summed E-state index contributed by atoms with van der Waals surface area (Å²) in [7, 11) is 1.58. The minimum Gasteiger partial charge on any atom is -0.355 e. The second kappa shape index (κ2) is 8.74. The Labute approximate surface area is 156 Å². The molecule has 3 N–H and O–H groups in total. The molecule has 3 amide bonds. The first kappa shape index (κ1) is 19.1. The van der Waals surface area contributed by atoms with Crippen molar-refractivity contribution in [3.63, 3.8) is 0 Å². The number of nitrogens with one attached hydrogen (secondary N) is 3. The summed E-state index contributed by atoms with van der Waals surface area (Å²) in [6.07, 6.45) is 0. The van der Waals surface area contributed by atoms with Gasteiger partial charge in [-0.3, -0.25) is 4.79 Å². The van der Waals surface area contributed by atoms with Crippen LogP contribution in [0.4, 0.5) is 4.79 Å². The van der Waals surface area contributed by atoms with Crippen LogP contribution in [0.3, 0.4) is 0 Å². The summed E-state index contributed by atoms with van der Waals surface area (Å²) in [5.74, 6) is -0.147. The molecule has 0 fully saturated rings. The molecule has 0 saturated carbocycles. The molecule has 0 aliphatic rings. The largest absolute Gasteiger partial charge is 0.355 e. The average Bonchev–Trinajstić information content (AvgIpc) is 2.59. The predicted octanol–water partition coefficient (Wildman–Crippen LogP) is 3.91. The van der Waals surface area contributed by atoms with Crippen LogP contribution in [0.1, 0.15) is 34.5 Å². The first-order valence-electron chi connectivity index (χ1n) is 7.71. The summed E-state index contributed by atoms with van der Waals surface area (Å²) in [6.45, 7) is 2.19. The second-order valence-electron chi connectivity index (χ2n) is 5.49. The van der Waals surface area contributed by atoms with Gasteiger partial charge in [0.1, 0.15) is 0 Å². The zero-order valence-corrected chi connectivity index (χ0v) is 15.4. The highest BCUT2D eigenvalue weighted by Gasteiger charge is 2.13. The summed E-state index contributed by atoms with van der Waals surface area (Å²) in [6, 6.07) is 11.6. The summed E-state index contributed by atoms with van der Waals surface area (Å²) < 4.78 is 0. The maximum atomic E-state index is 12.0. The van der Waals surface area contributed by atoms with Crippen LogP contribution < -0.4 is 16.0 Å². The normalized spacial score (nSPS) is 11.5. The minimum atomic E-state index is -0.311. The van der Waals surface area contributed by atoms with E-state index in [4.69, 9.17) is 23.2 Å². The molecule has 0 aromatic heterocycles. The van der Waals surface area contributed by atoms with Gasteiger partial charge in [-0.15, -0.1) is 0 Å². The van der Waals surface area contributed by atoms with E-state index in [1.807, 2.05) is 6.92 Å². The number of hydrogen-bond acceptors (Lipinski definition) is 2. The molecule has 5 nitrogen and oxygen atoms in total. The molecule has 1 atom stereocenters. The Hall–Kier alpha value is -2.24. The number of rotatable bonds is 5. The monoisotopic (exact) mass is 379 g/mol. The zero-order chi connectivity index (χ0) is 18.4. The van der Waals surface area contributed by atoms with Crippen LogP contribution in [0, 0.1) is 0 Å². The molecule has 0 heterocycles. The maximum Gasteiger partial charge on any atom is 0.315 e. The standard InChI is InChI=1S/C18H19Cl2N3O2/c1-11(15-8-7-14(19)9-16(15)20)23-18(25)22-10-12-3-5-13(6-4-12)17(24)21-2/h3-9,11H,10H2,1-2H3,(H,21,24)(H2,22,23,25)/t11-/m1/s1. The van der Waals surface area contributed by atoms with Gasteiger partial charge in [-0.2, -0.15) is 0 Å². The predicted molar refractivity (Wildman–Crippen MR) is 100 cm³/mol. The van der Waals surface area contributed by atoms with Crippen LogP contribution in [-0.2, 0) is 6.54 Å². The molecule has 0 unspecified atom stereocenters. The van der Waals surface area contributed by atoms with Crippen molar-refractivity contribution in [1.29, 1.82) is 0 Å². The third kappa shape index (κ3) is 5.37. The Balaban J connectivity index is 1.88. The lowest BCUT2D eigenvalue weighted by Gasteiger charge is -2.16. The third-order valence-corrected chi connectivity index (χ3v) is 4.24. The Bertz CT molecular complexity index is 763. The zero-order valence-electron chi connectivity index (χ0n) is 13.9. The first-order chi connectivity index (χ1) is 11.9. The van der Waals surface area contributed by atoms with Crippen LogP contribution in [-0.4, -0.2) is 19.0 Å². The van der Waals surface area contributed by atoms with Crippen molar-refractivity contribution in [2.24, 2.45) is 0 Å². The van der Waals surface area contributed by atoms with Crippen molar-refractivity contribution in [3.8, 4) is 0 Å². The Morgan fingerprint density at radius 3 is 2.36 bits per heavy atom. The van der Waals surface area contributed by atoms with Crippen molar-refractivity contribution in [2.45, 2.75) is 19.5 Å². The van der Waals surface area contributed by atoms with Crippen molar-refractivity contribution in [2.75, 3.05) is 7.05 Å². The van der Waals surface area contributed by atoms with E-state index in [1.54, 1.807) is 49.5 Å². The molecular formula is C18H19Cl2N3O2. The Morgan fingerprint density at radius 2 is 1.76 bits per heavy atom. The lowest BCUT2D eigenvalue weighted by Crippen LogP contribution is -2.36. The summed E-state index contributed by atoms with van der Waals surface area (Å²) in [4.78, 5) is 23.5. The lowest BCUT2D eigenvalue weighted by molar-refractivity contribution is 0.0963. The van der Waals surface area contributed by atoms with Crippen molar-refractivity contribution >= 4 is 35.1 Å². The number of carbonyl (C=O) groups excluding carboxylic acids is 2. The SMILES string of the molecule is CNC(=O)c1ccc(CNC(=O)N[C@H](C)c2ccc(Cl)cc2Cl)cc1. The molecule has 2 aromatic rings. The molecule has 2 aromatic carbocycles. The Kier molecular flexibility index (Phi) is 6.67. The molecule has 2 rings (SSSR count). The highest BCUT2D eigenvalue weighted by Crippen LogP contribution is 2.25. The number of halogens is 2. The Morgan fingerprint density at radius 1 is 1.08 bits per heavy atom. The van der Waals surface area contributed by atoms with Crippen LogP contribution in [0.25, 0.3) is 0 Å². The fourth-order valence-corrected chi connectivity index (χ4v) is 2.85. The van der Waals surface area contributed by atoms with Gasteiger partial charge in [0.05, 0.1) is 6.04 Å². The molecule has 0 aliphatic heterocycles. The molecule has 0 spiro atoms. The topological polar surface area (TPSA) is 70.2 Å². The quantitative estimate of drug-likeness (QED) is 0.736. The summed E-state index contributed by atoms with van der Waals surface area (Å²) in [5, 5.41) is 9.21. The number of hydrogen-bond donors (Lipinski definition) is 3. The van der Waals surface area contributed by atoms with E-state index in [0.717, 1.165) is 11.1 Å². The van der Waals surface area contributed by atoms with Crippen LogP contribution in [0.5, 0.6) is 0 Å². The highest BCUT2D eigenvalue weighted by molar-refractivity contribution is 6.35. The van der Waals surface area contributed by atoms with E-state index in [-0.39, 0.29) is 18.0 Å². The van der Waals surface area contributed by atoms with E-state index in [9.17, 15) is 9.59 Å². The first-order valence-corrected chi connectivity index (χ1v) is 8.46. The van der Waals surface area contributed by atoms with E-state index < -0.39 is 0 Å². The van der Waals surface area contributed by atoms with Gasteiger partial charge in [0.15, 0.2) is 0 Å². The molecular weight excluding hydrogens is 361 g/mol. The molecule has 0 aliphatic carbocycles. The number of carbonyl (C=O) groups is 2. The lowest BCUT2D eigenvalue weighted by atomic mass is 10.1. The van der Waals surface area contributed by atoms with Crippen molar-refractivity contribution in [3.05, 3.63) is 69.2 Å². The van der Waals surface area contributed by atoms with E-state index in [2.05, 4.69) is 16.0 Å². The van der Waals surface area contributed by atoms with E-state index >= 15 is 0 Å². The van der Waals surface area contributed by atoms with Gasteiger partial charge in [0, 0.05) is 29.2 Å². The second-order valence-corrected chi connectivity index (χ2v) is 6.33. The fourth-order valence-electron chi connectivity index (χ4n) is 2.28. The molecule has 7 heteroatoms. The van der Waals surface area contributed by atoms with Crippen LogP contribution in [0.15, 0.2) is 42.5 Å². The van der Waals surface area contributed by atoms with Gasteiger partial charge in [0.25, 0.3) is 5.91 Å². The number of urea groups is 1. The molecule has 0 radical (unpaired) electrons. The molecule has 25 heavy (non-hydrogen) atoms. The average molecular weight is 380 g/mol. The van der Waals surface area contributed by atoms with Gasteiger partial charge < -0.3 is 16.0 Å². The van der Waals surface area contributed by atoms with E-state index in [0.29, 0.717) is 22.2 Å².